The van der Waals surface area contributed by atoms with Crippen molar-refractivity contribution in [3.63, 3.8) is 0 Å². The van der Waals surface area contributed by atoms with E-state index in [9.17, 15) is 4.79 Å². The van der Waals surface area contributed by atoms with Gasteiger partial charge in [0.1, 0.15) is 17.1 Å². The molecule has 2 aromatic heterocycles. The van der Waals surface area contributed by atoms with Gasteiger partial charge in [0.25, 0.3) is 0 Å². The lowest BCUT2D eigenvalue weighted by molar-refractivity contribution is 0.0693. The number of carbonyl (C=O) groups is 1. The molecule has 0 amide bonds. The molecule has 0 fully saturated rings. The summed E-state index contributed by atoms with van der Waals surface area (Å²) in [4.78, 5) is 19.0. The Kier molecular flexibility index (Phi) is 2.78. The van der Waals surface area contributed by atoms with E-state index in [0.29, 0.717) is 16.8 Å². The number of carboxylic acids is 1. The number of fused-ring (bicyclic) bond motifs is 1. The van der Waals surface area contributed by atoms with Gasteiger partial charge >= 0.3 is 5.97 Å². The van der Waals surface area contributed by atoms with Gasteiger partial charge in [-0.05, 0) is 6.07 Å². The molecule has 0 bridgehead atoms. The third kappa shape index (κ3) is 1.84. The smallest absolute Gasteiger partial charge is 0.341 e. The number of ether oxygens (including phenoxy) is 2. The van der Waals surface area contributed by atoms with Crippen LogP contribution in [0.3, 0.4) is 0 Å². The molecule has 0 radical (unpaired) electrons. The third-order valence-corrected chi connectivity index (χ3v) is 2.32. The van der Waals surface area contributed by atoms with Crippen LogP contribution in [0.4, 0.5) is 0 Å². The highest BCUT2D eigenvalue weighted by atomic mass is 16.5. The first-order chi connectivity index (χ1) is 8.17. The molecule has 0 spiro atoms. The Morgan fingerprint density at radius 2 is 1.94 bits per heavy atom. The van der Waals surface area contributed by atoms with Gasteiger partial charge in [-0.15, -0.1) is 0 Å². The maximum absolute atomic E-state index is 11.0. The minimum absolute atomic E-state index is 0.00458. The summed E-state index contributed by atoms with van der Waals surface area (Å²) in [5.74, 6) is -0.354. The molecular weight excluding hydrogens is 224 g/mol. The Hall–Kier alpha value is -2.37. The Morgan fingerprint density at radius 3 is 2.53 bits per heavy atom. The van der Waals surface area contributed by atoms with E-state index < -0.39 is 5.97 Å². The molecular formula is C11H10N2O4. The summed E-state index contributed by atoms with van der Waals surface area (Å²) in [6.45, 7) is 0. The molecule has 6 nitrogen and oxygen atoms in total. The Bertz CT molecular complexity index is 583. The van der Waals surface area contributed by atoms with Gasteiger partial charge in [0.05, 0.1) is 25.8 Å². The molecule has 88 valence electrons. The Labute approximate surface area is 96.8 Å². The summed E-state index contributed by atoms with van der Waals surface area (Å²) in [5, 5.41) is 9.52. The molecule has 0 aliphatic heterocycles. The molecule has 0 aliphatic carbocycles. The number of rotatable bonds is 3. The molecule has 1 N–H and O–H groups in total. The second kappa shape index (κ2) is 4.25. The van der Waals surface area contributed by atoms with Crippen LogP contribution in [-0.4, -0.2) is 35.3 Å². The van der Waals surface area contributed by atoms with E-state index in [2.05, 4.69) is 9.97 Å². The van der Waals surface area contributed by atoms with Gasteiger partial charge in [0.2, 0.25) is 0 Å². The molecule has 0 atom stereocenters. The van der Waals surface area contributed by atoms with Crippen LogP contribution in [0.1, 0.15) is 10.4 Å². The van der Waals surface area contributed by atoms with Crippen LogP contribution >= 0.6 is 0 Å². The number of nitrogens with zero attached hydrogens (tertiary/aromatic N) is 2. The van der Waals surface area contributed by atoms with Gasteiger partial charge in [0.15, 0.2) is 5.65 Å². The molecule has 2 heterocycles. The fraction of sp³-hybridized carbons (Fsp3) is 0.182. The predicted octanol–water partition coefficient (Wildman–Crippen LogP) is 1.35. The van der Waals surface area contributed by atoms with Gasteiger partial charge in [-0.3, -0.25) is 0 Å². The van der Waals surface area contributed by atoms with E-state index in [1.165, 1.54) is 26.6 Å². The minimum atomic E-state index is -1.10. The van der Waals surface area contributed by atoms with Crippen molar-refractivity contribution in [2.75, 3.05) is 14.2 Å². The Morgan fingerprint density at radius 1 is 1.24 bits per heavy atom. The number of aromatic nitrogens is 2. The first kappa shape index (κ1) is 11.1. The summed E-state index contributed by atoms with van der Waals surface area (Å²) < 4.78 is 10.1. The molecule has 0 saturated heterocycles. The van der Waals surface area contributed by atoms with Crippen molar-refractivity contribution in [1.82, 2.24) is 9.97 Å². The number of hydrogen-bond donors (Lipinski definition) is 1. The van der Waals surface area contributed by atoms with Crippen LogP contribution in [0.25, 0.3) is 11.0 Å². The highest BCUT2D eigenvalue weighted by Crippen LogP contribution is 2.29. The van der Waals surface area contributed by atoms with Crippen molar-refractivity contribution in [2.45, 2.75) is 0 Å². The van der Waals surface area contributed by atoms with Crippen molar-refractivity contribution in [2.24, 2.45) is 0 Å². The SMILES string of the molecule is COc1cnc2ncc(C(=O)O)c(OC)c2c1. The number of carboxylic acid groups (broad SMARTS) is 1. The van der Waals surface area contributed by atoms with Crippen molar-refractivity contribution in [3.8, 4) is 11.5 Å². The van der Waals surface area contributed by atoms with Gasteiger partial charge in [-0.1, -0.05) is 0 Å². The van der Waals surface area contributed by atoms with E-state index in [1.54, 1.807) is 6.07 Å². The van der Waals surface area contributed by atoms with E-state index >= 15 is 0 Å². The van der Waals surface area contributed by atoms with Gasteiger partial charge in [0, 0.05) is 6.20 Å². The Balaban J connectivity index is 2.78. The van der Waals surface area contributed by atoms with Gasteiger partial charge < -0.3 is 14.6 Å². The van der Waals surface area contributed by atoms with E-state index in [1.807, 2.05) is 0 Å². The summed E-state index contributed by atoms with van der Waals surface area (Å²) in [6.07, 6.45) is 2.73. The zero-order chi connectivity index (χ0) is 12.4. The first-order valence-corrected chi connectivity index (χ1v) is 4.77. The monoisotopic (exact) mass is 234 g/mol. The largest absolute Gasteiger partial charge is 0.495 e. The molecule has 17 heavy (non-hydrogen) atoms. The molecule has 0 aliphatic rings. The molecule has 2 rings (SSSR count). The van der Waals surface area contributed by atoms with Gasteiger partial charge in [-0.25, -0.2) is 14.8 Å². The molecule has 2 aromatic rings. The number of pyridine rings is 2. The summed E-state index contributed by atoms with van der Waals surface area (Å²) in [7, 11) is 2.91. The maximum Gasteiger partial charge on any atom is 0.341 e. The minimum Gasteiger partial charge on any atom is -0.495 e. The van der Waals surface area contributed by atoms with Crippen molar-refractivity contribution in [3.05, 3.63) is 24.0 Å². The van der Waals surface area contributed by atoms with Crippen LogP contribution in [-0.2, 0) is 0 Å². The van der Waals surface area contributed by atoms with Crippen molar-refractivity contribution >= 4 is 17.0 Å². The molecule has 0 aromatic carbocycles. The number of hydrogen-bond acceptors (Lipinski definition) is 5. The van der Waals surface area contributed by atoms with Crippen LogP contribution < -0.4 is 9.47 Å². The lowest BCUT2D eigenvalue weighted by Gasteiger charge is -2.08. The predicted molar refractivity (Wildman–Crippen MR) is 59.6 cm³/mol. The standard InChI is InChI=1S/C11H10N2O4/c1-16-6-3-7-9(17-2)8(11(14)15)5-13-10(7)12-4-6/h3-5H,1-2H3,(H,14,15). The zero-order valence-corrected chi connectivity index (χ0v) is 9.30. The summed E-state index contributed by atoms with van der Waals surface area (Å²) >= 11 is 0. The highest BCUT2D eigenvalue weighted by molar-refractivity contribution is 5.98. The quantitative estimate of drug-likeness (QED) is 0.863. The lowest BCUT2D eigenvalue weighted by Crippen LogP contribution is -2.03. The molecule has 6 heteroatoms. The second-order valence-electron chi connectivity index (χ2n) is 3.26. The number of methoxy groups -OCH3 is 2. The number of aromatic carboxylic acids is 1. The fourth-order valence-corrected chi connectivity index (χ4v) is 1.52. The highest BCUT2D eigenvalue weighted by Gasteiger charge is 2.16. The van der Waals surface area contributed by atoms with E-state index in [-0.39, 0.29) is 11.3 Å². The van der Waals surface area contributed by atoms with E-state index in [4.69, 9.17) is 14.6 Å². The van der Waals surface area contributed by atoms with Crippen LogP contribution in [0.2, 0.25) is 0 Å². The van der Waals surface area contributed by atoms with Crippen molar-refractivity contribution in [1.29, 1.82) is 0 Å². The molecule has 0 saturated carbocycles. The average Bonchev–Trinajstić information content (AvgIpc) is 2.36. The van der Waals surface area contributed by atoms with E-state index in [0.717, 1.165) is 0 Å². The van der Waals surface area contributed by atoms with Crippen LogP contribution in [0.15, 0.2) is 18.5 Å². The zero-order valence-electron chi connectivity index (χ0n) is 9.30. The summed E-state index contributed by atoms with van der Waals surface area (Å²) in [6, 6.07) is 1.64. The summed E-state index contributed by atoms with van der Waals surface area (Å²) in [5.41, 5.74) is 0.405. The normalized spacial score (nSPS) is 10.2. The lowest BCUT2D eigenvalue weighted by atomic mass is 10.2. The average molecular weight is 234 g/mol. The van der Waals surface area contributed by atoms with Gasteiger partial charge in [-0.2, -0.15) is 0 Å². The maximum atomic E-state index is 11.0. The molecule has 0 unspecified atom stereocenters. The fourth-order valence-electron chi connectivity index (χ4n) is 1.52. The first-order valence-electron chi connectivity index (χ1n) is 4.77. The van der Waals surface area contributed by atoms with Crippen molar-refractivity contribution < 1.29 is 19.4 Å². The van der Waals surface area contributed by atoms with Crippen LogP contribution in [0.5, 0.6) is 11.5 Å². The van der Waals surface area contributed by atoms with Crippen LogP contribution in [0, 0.1) is 0 Å². The topological polar surface area (TPSA) is 81.5 Å². The second-order valence-corrected chi connectivity index (χ2v) is 3.26. The third-order valence-electron chi connectivity index (χ3n) is 2.32.